The van der Waals surface area contributed by atoms with Crippen LogP contribution < -0.4 is 0 Å². The van der Waals surface area contributed by atoms with Crippen LogP contribution in [0.25, 0.3) is 5.65 Å². The van der Waals surface area contributed by atoms with Gasteiger partial charge in [0.15, 0.2) is 22.9 Å². The first-order chi connectivity index (χ1) is 7.63. The summed E-state index contributed by atoms with van der Waals surface area (Å²) in [5.41, 5.74) is 0.397. The first-order valence-corrected chi connectivity index (χ1v) is 4.74. The molecular formula is C9H10N4O3. The average Bonchev–Trinajstić information content (AvgIpc) is 2.75. The summed E-state index contributed by atoms with van der Waals surface area (Å²) in [5, 5.41) is 2.70. The smallest absolute Gasteiger partial charge is 0.360 e. The quantitative estimate of drug-likeness (QED) is 0.601. The van der Waals surface area contributed by atoms with Gasteiger partial charge < -0.3 is 4.74 Å². The van der Waals surface area contributed by atoms with Crippen molar-refractivity contribution in [2.75, 3.05) is 6.61 Å². The lowest BCUT2D eigenvalue weighted by Crippen LogP contribution is -2.05. The van der Waals surface area contributed by atoms with Crippen LogP contribution in [-0.2, 0) is 4.74 Å². The van der Waals surface area contributed by atoms with Crippen molar-refractivity contribution < 1.29 is 14.3 Å². The van der Waals surface area contributed by atoms with Crippen LogP contribution in [0.4, 0.5) is 0 Å². The molecule has 7 nitrogen and oxygen atoms in total. The van der Waals surface area contributed by atoms with E-state index in [-0.39, 0.29) is 23.9 Å². The summed E-state index contributed by atoms with van der Waals surface area (Å²) < 4.78 is 6.22. The van der Waals surface area contributed by atoms with Gasteiger partial charge in [0, 0.05) is 6.92 Å². The molecule has 0 bridgehead atoms. The highest BCUT2D eigenvalue weighted by atomic mass is 16.5. The van der Waals surface area contributed by atoms with E-state index in [1.807, 2.05) is 0 Å². The van der Waals surface area contributed by atoms with Crippen molar-refractivity contribution in [3.8, 4) is 0 Å². The van der Waals surface area contributed by atoms with Crippen molar-refractivity contribution in [2.24, 2.45) is 0 Å². The molecule has 0 saturated carbocycles. The third-order valence-corrected chi connectivity index (χ3v) is 1.99. The van der Waals surface area contributed by atoms with Crippen LogP contribution in [-0.4, -0.2) is 37.9 Å². The summed E-state index contributed by atoms with van der Waals surface area (Å²) in [6, 6.07) is 0. The van der Waals surface area contributed by atoms with Crippen LogP contribution in [0.15, 0.2) is 6.33 Å². The number of imidazole rings is 1. The van der Waals surface area contributed by atoms with Gasteiger partial charge in [-0.2, -0.15) is 0 Å². The molecule has 2 heterocycles. The lowest BCUT2D eigenvalue weighted by Gasteiger charge is -1.95. The molecule has 0 aliphatic carbocycles. The number of H-pyrrole nitrogens is 1. The predicted molar refractivity (Wildman–Crippen MR) is 53.3 cm³/mol. The fourth-order valence-electron chi connectivity index (χ4n) is 1.28. The Hall–Kier alpha value is -2.18. The molecule has 0 fully saturated rings. The van der Waals surface area contributed by atoms with Crippen LogP contribution in [0, 0.1) is 0 Å². The maximum absolute atomic E-state index is 11.5. The first-order valence-electron chi connectivity index (χ1n) is 4.74. The Morgan fingerprint density at radius 2 is 2.31 bits per heavy atom. The van der Waals surface area contributed by atoms with Gasteiger partial charge in [0.05, 0.1) is 6.61 Å². The molecule has 2 aromatic heterocycles. The topological polar surface area (TPSA) is 89.3 Å². The van der Waals surface area contributed by atoms with Gasteiger partial charge in [0.2, 0.25) is 0 Å². The molecule has 0 radical (unpaired) electrons. The zero-order valence-electron chi connectivity index (χ0n) is 8.85. The van der Waals surface area contributed by atoms with E-state index in [0.29, 0.717) is 5.65 Å². The Morgan fingerprint density at radius 1 is 1.56 bits per heavy atom. The number of hydrogen-bond donors (Lipinski definition) is 1. The van der Waals surface area contributed by atoms with Crippen LogP contribution in [0.2, 0.25) is 0 Å². The Kier molecular flexibility index (Phi) is 2.43. The largest absolute Gasteiger partial charge is 0.461 e. The monoisotopic (exact) mass is 222 g/mol. The third-order valence-electron chi connectivity index (χ3n) is 1.99. The molecule has 0 aromatic carbocycles. The normalized spacial score (nSPS) is 10.6. The lowest BCUT2D eigenvalue weighted by atomic mass is 10.4. The van der Waals surface area contributed by atoms with Crippen molar-refractivity contribution in [2.45, 2.75) is 13.8 Å². The Labute approximate surface area is 90.4 Å². The SMILES string of the molecule is CCOC(=O)c1ncn2[nH]c(C(C)=O)nc12. The number of aromatic amines is 1. The number of fused-ring (bicyclic) bond motifs is 1. The van der Waals surface area contributed by atoms with Gasteiger partial charge in [-0.1, -0.05) is 0 Å². The zero-order valence-corrected chi connectivity index (χ0v) is 8.85. The van der Waals surface area contributed by atoms with E-state index in [4.69, 9.17) is 4.74 Å². The van der Waals surface area contributed by atoms with Crippen LogP contribution in [0.3, 0.4) is 0 Å². The second kappa shape index (κ2) is 3.76. The van der Waals surface area contributed by atoms with Crippen LogP contribution in [0.5, 0.6) is 0 Å². The molecule has 16 heavy (non-hydrogen) atoms. The summed E-state index contributed by atoms with van der Waals surface area (Å²) in [6.07, 6.45) is 1.38. The van der Waals surface area contributed by atoms with Crippen molar-refractivity contribution in [3.63, 3.8) is 0 Å². The Balaban J connectivity index is 2.47. The van der Waals surface area contributed by atoms with E-state index in [2.05, 4.69) is 15.1 Å². The van der Waals surface area contributed by atoms with Gasteiger partial charge in [-0.05, 0) is 6.92 Å². The number of nitrogens with zero attached hydrogens (tertiary/aromatic N) is 3. The third kappa shape index (κ3) is 1.56. The molecule has 7 heteroatoms. The van der Waals surface area contributed by atoms with Crippen LogP contribution in [0.1, 0.15) is 35.0 Å². The number of carbonyl (C=O) groups excluding carboxylic acids is 2. The second-order valence-corrected chi connectivity index (χ2v) is 3.14. The molecule has 0 saturated heterocycles. The molecule has 84 valence electrons. The molecule has 0 aliphatic rings. The van der Waals surface area contributed by atoms with Crippen molar-refractivity contribution in [1.29, 1.82) is 0 Å². The molecule has 0 unspecified atom stereocenters. The average molecular weight is 222 g/mol. The number of carbonyl (C=O) groups is 2. The molecule has 2 aromatic rings. The molecule has 0 spiro atoms. The maximum atomic E-state index is 11.5. The van der Waals surface area contributed by atoms with E-state index in [1.54, 1.807) is 6.92 Å². The highest BCUT2D eigenvalue weighted by Gasteiger charge is 2.18. The predicted octanol–water partition coefficient (Wildman–Crippen LogP) is 0.437. The number of ether oxygens (including phenoxy) is 1. The first kappa shape index (κ1) is 10.3. The minimum atomic E-state index is -0.549. The van der Waals surface area contributed by atoms with E-state index < -0.39 is 5.97 Å². The molecule has 1 N–H and O–H groups in total. The van der Waals surface area contributed by atoms with E-state index in [0.717, 1.165) is 0 Å². The summed E-state index contributed by atoms with van der Waals surface area (Å²) in [4.78, 5) is 30.4. The highest BCUT2D eigenvalue weighted by molar-refractivity contribution is 5.95. The van der Waals surface area contributed by atoms with Gasteiger partial charge in [0.25, 0.3) is 0 Å². The molecule has 0 amide bonds. The van der Waals surface area contributed by atoms with E-state index >= 15 is 0 Å². The highest BCUT2D eigenvalue weighted by Crippen LogP contribution is 2.08. The van der Waals surface area contributed by atoms with Gasteiger partial charge in [-0.15, -0.1) is 0 Å². The molecule has 2 rings (SSSR count). The lowest BCUT2D eigenvalue weighted by molar-refractivity contribution is 0.0522. The minimum Gasteiger partial charge on any atom is -0.461 e. The number of Topliss-reactive ketones (excluding diaryl/α,β-unsaturated/α-hetero) is 1. The molecular weight excluding hydrogens is 212 g/mol. The summed E-state index contributed by atoms with van der Waals surface area (Å²) in [7, 11) is 0. The van der Waals surface area contributed by atoms with Crippen molar-refractivity contribution in [3.05, 3.63) is 17.8 Å². The summed E-state index contributed by atoms with van der Waals surface area (Å²) >= 11 is 0. The van der Waals surface area contributed by atoms with Gasteiger partial charge in [-0.3, -0.25) is 9.89 Å². The fraction of sp³-hybridized carbons (Fsp3) is 0.333. The summed E-state index contributed by atoms with van der Waals surface area (Å²) in [6.45, 7) is 3.36. The van der Waals surface area contributed by atoms with Gasteiger partial charge in [-0.25, -0.2) is 19.3 Å². The zero-order chi connectivity index (χ0) is 11.7. The van der Waals surface area contributed by atoms with Crippen molar-refractivity contribution >= 4 is 17.4 Å². The maximum Gasteiger partial charge on any atom is 0.360 e. The molecule has 0 atom stereocenters. The van der Waals surface area contributed by atoms with Gasteiger partial charge >= 0.3 is 5.97 Å². The fourth-order valence-corrected chi connectivity index (χ4v) is 1.28. The van der Waals surface area contributed by atoms with E-state index in [9.17, 15) is 9.59 Å². The number of ketones is 1. The number of hydrogen-bond acceptors (Lipinski definition) is 5. The number of esters is 1. The van der Waals surface area contributed by atoms with Crippen LogP contribution >= 0.6 is 0 Å². The molecule has 0 aliphatic heterocycles. The number of rotatable bonds is 3. The second-order valence-electron chi connectivity index (χ2n) is 3.14. The Bertz CT molecular complexity index is 554. The minimum absolute atomic E-state index is 0.102. The van der Waals surface area contributed by atoms with Gasteiger partial charge in [0.1, 0.15) is 6.33 Å². The summed E-state index contributed by atoms with van der Waals surface area (Å²) in [5.74, 6) is -0.576. The van der Waals surface area contributed by atoms with Crippen molar-refractivity contribution in [1.82, 2.24) is 19.6 Å². The standard InChI is InChI=1S/C9H10N4O3/c1-3-16-9(15)6-8-11-7(5(2)14)12-13(8)4-10-6/h4H,3H2,1-2H3,(H,11,12). The number of nitrogens with one attached hydrogen (secondary N) is 1. The van der Waals surface area contributed by atoms with E-state index in [1.165, 1.54) is 17.8 Å². The number of aromatic nitrogens is 4. The Morgan fingerprint density at radius 3 is 2.94 bits per heavy atom.